The summed E-state index contributed by atoms with van der Waals surface area (Å²) in [5, 5.41) is 19.9. The summed E-state index contributed by atoms with van der Waals surface area (Å²) in [6.07, 6.45) is 5.82. The molecule has 3 aromatic carbocycles. The number of aliphatic hydroxyl groups is 1. The van der Waals surface area contributed by atoms with Gasteiger partial charge in [-0.15, -0.1) is 6.58 Å². The molecule has 4 aliphatic rings. The Kier molecular flexibility index (Phi) is 10.6. The summed E-state index contributed by atoms with van der Waals surface area (Å²) in [5.74, 6) is -2.85. The summed E-state index contributed by atoms with van der Waals surface area (Å²) in [7, 11) is -2.96. The molecule has 0 bridgehead atoms. The molecule has 4 aliphatic carbocycles. The lowest BCUT2D eigenvalue weighted by Crippen LogP contribution is -2.68. The van der Waals surface area contributed by atoms with Gasteiger partial charge in [0.2, 0.25) is 11.6 Å². The van der Waals surface area contributed by atoms with Crippen LogP contribution in [0.5, 0.6) is 11.6 Å². The Bertz CT molecular complexity index is 2260. The van der Waals surface area contributed by atoms with E-state index in [1.165, 1.54) is 0 Å². The first-order valence-electron chi connectivity index (χ1n) is 20.5. The highest BCUT2D eigenvalue weighted by Gasteiger charge is 2.68. The summed E-state index contributed by atoms with van der Waals surface area (Å²) in [5.41, 5.74) is 0.851. The molecule has 0 saturated heterocycles. The van der Waals surface area contributed by atoms with Crippen LogP contribution in [0.25, 0.3) is 5.76 Å². The van der Waals surface area contributed by atoms with Gasteiger partial charge in [0.1, 0.15) is 36.1 Å². The molecule has 0 spiro atoms. The van der Waals surface area contributed by atoms with Crippen molar-refractivity contribution in [3.05, 3.63) is 130 Å². The van der Waals surface area contributed by atoms with Crippen molar-refractivity contribution in [2.24, 2.45) is 11.8 Å². The first-order chi connectivity index (χ1) is 27.8. The van der Waals surface area contributed by atoms with Gasteiger partial charge >= 0.3 is 0 Å². The van der Waals surface area contributed by atoms with E-state index in [4.69, 9.17) is 18.4 Å². The molecular formula is C47H53FN2O7Si. The summed E-state index contributed by atoms with van der Waals surface area (Å²) >= 11 is 0. The summed E-state index contributed by atoms with van der Waals surface area (Å²) in [6, 6.07) is 20.1. The first kappa shape index (κ1) is 40.0. The van der Waals surface area contributed by atoms with Crippen LogP contribution in [-0.2, 0) is 28.9 Å². The Morgan fingerprint density at radius 1 is 0.966 bits per heavy atom. The molecule has 304 valence electrons. The third-order valence-corrected chi connectivity index (χ3v) is 17.7. The maximum absolute atomic E-state index is 17.0. The maximum Gasteiger partial charge on any atom is 0.265 e. The molecule has 2 fully saturated rings. The van der Waals surface area contributed by atoms with Crippen LogP contribution >= 0.6 is 0 Å². The Balaban J connectivity index is 1.30. The SMILES string of the molecule is C=CCN[C@@H]1c2onc(OCc3ccccc3)c2C(=O)[C@@]2(O[Si](C)(C)C(C)(C)C)C(=O)C3=C(O)c4c(OCc5ccccc5)cc(C5CCCC5)c(F)c4C[C@H]3C[C@@H]12. The molecular weight excluding hydrogens is 752 g/mol. The molecule has 58 heavy (non-hydrogen) atoms. The van der Waals surface area contributed by atoms with E-state index in [2.05, 4.69) is 37.8 Å². The largest absolute Gasteiger partial charge is 0.507 e. The van der Waals surface area contributed by atoms with Crippen LogP contribution in [-0.4, -0.2) is 42.3 Å². The monoisotopic (exact) mass is 804 g/mol. The van der Waals surface area contributed by atoms with E-state index in [1.54, 1.807) is 12.1 Å². The molecule has 2 saturated carbocycles. The molecule has 1 heterocycles. The molecule has 2 N–H and O–H groups in total. The number of rotatable bonds is 12. The van der Waals surface area contributed by atoms with Crippen LogP contribution in [0.2, 0.25) is 18.1 Å². The smallest absolute Gasteiger partial charge is 0.265 e. The minimum Gasteiger partial charge on any atom is -0.507 e. The van der Waals surface area contributed by atoms with E-state index >= 15 is 14.0 Å². The second kappa shape index (κ2) is 15.4. The standard InChI is InChI=1S/C47H53FN2O7Si/c1-7-22-49-40-34-24-31-23-33-37(35(54-26-28-16-10-8-11-17-28)25-32(39(33)48)30-20-14-15-21-30)41(51)36(31)43(52)47(34,57-58(5,6)46(2,3)4)44(53)38-42(40)56-50-45(38)55-27-29-18-12-9-13-19-29/h7-13,16-19,25,30-31,34,40,49,51H,1,14-15,20-24,26-27H2,2-6H3/t31-,34-,40-,47-/m0/s1. The predicted molar refractivity (Wildman–Crippen MR) is 222 cm³/mol. The first-order valence-corrected chi connectivity index (χ1v) is 23.4. The molecule has 9 nitrogen and oxygen atoms in total. The number of hydrogen-bond acceptors (Lipinski definition) is 9. The van der Waals surface area contributed by atoms with Gasteiger partial charge in [0.25, 0.3) is 5.88 Å². The molecule has 4 aromatic rings. The lowest BCUT2D eigenvalue weighted by molar-refractivity contribution is -0.138. The third kappa shape index (κ3) is 6.74. The fourth-order valence-corrected chi connectivity index (χ4v) is 10.7. The van der Waals surface area contributed by atoms with Crippen molar-refractivity contribution in [2.45, 2.75) is 108 Å². The molecule has 1 aromatic heterocycles. The number of Topliss-reactive ketones (excluding diaryl/α,β-unsaturated/α-hetero) is 2. The van der Waals surface area contributed by atoms with Crippen LogP contribution in [0.1, 0.15) is 109 Å². The van der Waals surface area contributed by atoms with Gasteiger partial charge in [0.05, 0.1) is 11.6 Å². The van der Waals surface area contributed by atoms with Gasteiger partial charge in [-0.3, -0.25) is 9.59 Å². The Labute approximate surface area is 340 Å². The molecule has 11 heteroatoms. The van der Waals surface area contributed by atoms with Gasteiger partial charge in [-0.2, -0.15) is 0 Å². The van der Waals surface area contributed by atoms with Crippen molar-refractivity contribution in [3.63, 3.8) is 0 Å². The van der Waals surface area contributed by atoms with Crippen LogP contribution in [0.3, 0.4) is 0 Å². The Morgan fingerprint density at radius 3 is 2.22 bits per heavy atom. The van der Waals surface area contributed by atoms with Crippen molar-refractivity contribution in [2.75, 3.05) is 6.54 Å². The quantitative estimate of drug-likeness (QED) is 0.0819. The highest BCUT2D eigenvalue weighted by Crippen LogP contribution is 2.58. The van der Waals surface area contributed by atoms with E-state index in [0.29, 0.717) is 23.4 Å². The molecule has 8 rings (SSSR count). The van der Waals surface area contributed by atoms with Crippen molar-refractivity contribution in [1.82, 2.24) is 10.5 Å². The molecule has 0 radical (unpaired) electrons. The summed E-state index contributed by atoms with van der Waals surface area (Å²) < 4.78 is 42.9. The van der Waals surface area contributed by atoms with Crippen molar-refractivity contribution in [1.29, 1.82) is 0 Å². The number of ketones is 2. The molecule has 0 unspecified atom stereocenters. The molecule has 4 atom stereocenters. The second-order valence-electron chi connectivity index (χ2n) is 17.8. The number of aliphatic hydroxyl groups excluding tert-OH is 1. The highest BCUT2D eigenvalue weighted by molar-refractivity contribution is 6.74. The minimum absolute atomic E-state index is 0.0298. The van der Waals surface area contributed by atoms with Gasteiger partial charge in [-0.05, 0) is 83.6 Å². The van der Waals surface area contributed by atoms with Crippen molar-refractivity contribution >= 4 is 25.6 Å². The molecule has 0 aliphatic heterocycles. The zero-order valence-corrected chi connectivity index (χ0v) is 35.0. The lowest BCUT2D eigenvalue weighted by atomic mass is 9.57. The van der Waals surface area contributed by atoms with Gasteiger partial charge in [0, 0.05) is 23.6 Å². The van der Waals surface area contributed by atoms with Gasteiger partial charge in [-0.1, -0.05) is 100 Å². The van der Waals surface area contributed by atoms with E-state index < -0.39 is 48.4 Å². The number of aromatic nitrogens is 1. The number of hydrogen-bond donors (Lipinski definition) is 2. The Morgan fingerprint density at radius 2 is 1.60 bits per heavy atom. The van der Waals surface area contributed by atoms with Crippen LogP contribution < -0.4 is 14.8 Å². The fourth-order valence-electron chi connectivity index (χ4n) is 9.27. The third-order valence-electron chi connectivity index (χ3n) is 13.2. The van der Waals surface area contributed by atoms with E-state index in [-0.39, 0.29) is 71.9 Å². The lowest BCUT2D eigenvalue weighted by Gasteiger charge is -2.54. The normalized spacial score (nSPS) is 23.2. The number of carbonyl (C=O) groups excluding carboxylic acids is 2. The number of ether oxygens (including phenoxy) is 2. The highest BCUT2D eigenvalue weighted by atomic mass is 28.4. The topological polar surface area (TPSA) is 120 Å². The van der Waals surface area contributed by atoms with Gasteiger partial charge < -0.3 is 28.8 Å². The second-order valence-corrected chi connectivity index (χ2v) is 22.5. The number of nitrogens with zero attached hydrogens (tertiary/aromatic N) is 1. The molecule has 0 amide bonds. The average molecular weight is 805 g/mol. The average Bonchev–Trinajstić information content (AvgIpc) is 3.89. The zero-order valence-electron chi connectivity index (χ0n) is 34.0. The summed E-state index contributed by atoms with van der Waals surface area (Å²) in [6.45, 7) is 14.7. The maximum atomic E-state index is 17.0. The van der Waals surface area contributed by atoms with Crippen molar-refractivity contribution in [3.8, 4) is 11.6 Å². The van der Waals surface area contributed by atoms with Crippen LogP contribution in [0.4, 0.5) is 4.39 Å². The predicted octanol–water partition coefficient (Wildman–Crippen LogP) is 10.1. The van der Waals surface area contributed by atoms with Gasteiger partial charge in [0.15, 0.2) is 19.7 Å². The van der Waals surface area contributed by atoms with Crippen LogP contribution in [0.15, 0.2) is 89.5 Å². The van der Waals surface area contributed by atoms with E-state index in [1.807, 2.05) is 73.8 Å². The number of benzene rings is 3. The number of fused-ring (bicyclic) bond motifs is 4. The number of carbonyl (C=O) groups is 2. The minimum atomic E-state index is -2.96. The number of halogens is 1. The van der Waals surface area contributed by atoms with Gasteiger partial charge in [-0.25, -0.2) is 4.39 Å². The summed E-state index contributed by atoms with van der Waals surface area (Å²) in [4.78, 5) is 31.4. The fraction of sp³-hybridized carbons (Fsp3) is 0.426. The zero-order chi connectivity index (χ0) is 41.0. The van der Waals surface area contributed by atoms with E-state index in [9.17, 15) is 5.11 Å². The van der Waals surface area contributed by atoms with Crippen molar-refractivity contribution < 1.29 is 37.5 Å². The van der Waals surface area contributed by atoms with Crippen LogP contribution in [0, 0.1) is 17.7 Å². The number of nitrogens with one attached hydrogen (secondary N) is 1. The van der Waals surface area contributed by atoms with E-state index in [0.717, 1.165) is 36.8 Å². The Hall–Kier alpha value is -4.84.